The van der Waals surface area contributed by atoms with Gasteiger partial charge in [-0.25, -0.2) is 0 Å². The zero-order valence-electron chi connectivity index (χ0n) is 13.6. The minimum atomic E-state index is 0.206. The third-order valence-electron chi connectivity index (χ3n) is 4.88. The van der Waals surface area contributed by atoms with Gasteiger partial charge in [0.15, 0.2) is 5.82 Å². The van der Waals surface area contributed by atoms with Gasteiger partial charge in [0.25, 0.3) is 0 Å². The number of aryl methyl sites for hydroxylation is 1. The van der Waals surface area contributed by atoms with Crippen molar-refractivity contribution in [1.29, 1.82) is 0 Å². The topological polar surface area (TPSA) is 62.5 Å². The summed E-state index contributed by atoms with van der Waals surface area (Å²) in [5, 5.41) is 4.04. The first-order valence-electron chi connectivity index (χ1n) is 8.51. The zero-order valence-corrected chi connectivity index (χ0v) is 13.6. The molecule has 6 nitrogen and oxygen atoms in total. The van der Waals surface area contributed by atoms with Crippen LogP contribution in [0.5, 0.6) is 0 Å². The van der Waals surface area contributed by atoms with Gasteiger partial charge in [0.2, 0.25) is 11.8 Å². The fourth-order valence-electron chi connectivity index (χ4n) is 3.92. The van der Waals surface area contributed by atoms with Crippen LogP contribution in [0.4, 0.5) is 0 Å². The van der Waals surface area contributed by atoms with E-state index >= 15 is 0 Å². The average Bonchev–Trinajstić information content (AvgIpc) is 3.19. The van der Waals surface area contributed by atoms with E-state index in [2.05, 4.69) is 26.9 Å². The fourth-order valence-corrected chi connectivity index (χ4v) is 3.92. The molecule has 122 valence electrons. The lowest BCUT2D eigenvalue weighted by Crippen LogP contribution is -2.47. The van der Waals surface area contributed by atoms with E-state index in [1.807, 2.05) is 0 Å². The molecule has 0 aromatic carbocycles. The highest BCUT2D eigenvalue weighted by Gasteiger charge is 2.39. The van der Waals surface area contributed by atoms with Crippen molar-refractivity contribution >= 4 is 5.91 Å². The maximum absolute atomic E-state index is 11.8. The molecule has 1 amide bonds. The van der Waals surface area contributed by atoms with Crippen molar-refractivity contribution in [2.45, 2.75) is 71.0 Å². The Kier molecular flexibility index (Phi) is 4.76. The van der Waals surface area contributed by atoms with Crippen LogP contribution in [-0.4, -0.2) is 51.0 Å². The summed E-state index contributed by atoms with van der Waals surface area (Å²) in [5.74, 6) is 1.72. The Labute approximate surface area is 131 Å². The van der Waals surface area contributed by atoms with E-state index in [0.29, 0.717) is 24.5 Å². The van der Waals surface area contributed by atoms with Crippen molar-refractivity contribution in [1.82, 2.24) is 19.9 Å². The van der Waals surface area contributed by atoms with Gasteiger partial charge in [-0.05, 0) is 38.6 Å². The number of amides is 1. The Bertz CT molecular complexity index is 516. The Balaban J connectivity index is 1.66. The fraction of sp³-hybridized carbons (Fsp3) is 0.812. The summed E-state index contributed by atoms with van der Waals surface area (Å²) >= 11 is 0. The average molecular weight is 306 g/mol. The van der Waals surface area contributed by atoms with Gasteiger partial charge in [-0.2, -0.15) is 4.98 Å². The largest absolute Gasteiger partial charge is 0.338 e. The zero-order chi connectivity index (χ0) is 15.5. The summed E-state index contributed by atoms with van der Waals surface area (Å²) in [7, 11) is 0. The van der Waals surface area contributed by atoms with E-state index in [0.717, 1.165) is 51.0 Å². The summed E-state index contributed by atoms with van der Waals surface area (Å²) in [4.78, 5) is 20.8. The summed E-state index contributed by atoms with van der Waals surface area (Å²) < 4.78 is 5.38. The SMILES string of the molecule is CCCc1noc(CN2CCC[C@@H]2[C@H]2CCCN2C(C)=O)n1. The van der Waals surface area contributed by atoms with E-state index in [4.69, 9.17) is 4.52 Å². The molecule has 0 N–H and O–H groups in total. The molecule has 1 aromatic heterocycles. The van der Waals surface area contributed by atoms with Crippen molar-refractivity contribution in [2.75, 3.05) is 13.1 Å². The molecule has 2 fully saturated rings. The number of aromatic nitrogens is 2. The molecule has 1 aromatic rings. The second-order valence-electron chi connectivity index (χ2n) is 6.46. The molecule has 0 spiro atoms. The second-order valence-corrected chi connectivity index (χ2v) is 6.46. The lowest BCUT2D eigenvalue weighted by molar-refractivity contribution is -0.130. The Morgan fingerprint density at radius 1 is 1.27 bits per heavy atom. The van der Waals surface area contributed by atoms with Crippen LogP contribution >= 0.6 is 0 Å². The Morgan fingerprint density at radius 3 is 2.82 bits per heavy atom. The number of rotatable bonds is 5. The molecule has 2 aliphatic rings. The molecule has 2 aliphatic heterocycles. The van der Waals surface area contributed by atoms with Gasteiger partial charge in [0.1, 0.15) is 0 Å². The van der Waals surface area contributed by atoms with E-state index in [9.17, 15) is 4.79 Å². The number of hydrogen-bond acceptors (Lipinski definition) is 5. The predicted octanol–water partition coefficient (Wildman–Crippen LogP) is 2.00. The summed E-state index contributed by atoms with van der Waals surface area (Å²) in [6.45, 7) is 6.48. The first-order chi connectivity index (χ1) is 10.7. The van der Waals surface area contributed by atoms with Crippen LogP contribution in [0.1, 0.15) is 57.7 Å². The first-order valence-corrected chi connectivity index (χ1v) is 8.51. The van der Waals surface area contributed by atoms with Crippen molar-refractivity contribution < 1.29 is 9.32 Å². The van der Waals surface area contributed by atoms with Crippen LogP contribution in [0.3, 0.4) is 0 Å². The third kappa shape index (κ3) is 3.16. The molecule has 0 radical (unpaired) electrons. The maximum atomic E-state index is 11.8. The lowest BCUT2D eigenvalue weighted by atomic mass is 10.0. The second kappa shape index (κ2) is 6.77. The van der Waals surface area contributed by atoms with Crippen LogP contribution in [0.15, 0.2) is 4.52 Å². The summed E-state index contributed by atoms with van der Waals surface area (Å²) in [6, 6.07) is 0.797. The van der Waals surface area contributed by atoms with Gasteiger partial charge in [0, 0.05) is 32.0 Å². The molecule has 6 heteroatoms. The van der Waals surface area contributed by atoms with Gasteiger partial charge in [-0.1, -0.05) is 12.1 Å². The minimum absolute atomic E-state index is 0.206. The van der Waals surface area contributed by atoms with Crippen LogP contribution in [0.2, 0.25) is 0 Å². The highest BCUT2D eigenvalue weighted by molar-refractivity contribution is 5.74. The number of nitrogens with zero attached hydrogens (tertiary/aromatic N) is 4. The number of hydrogen-bond donors (Lipinski definition) is 0. The molecular weight excluding hydrogens is 280 g/mol. The van der Waals surface area contributed by atoms with E-state index < -0.39 is 0 Å². The maximum Gasteiger partial charge on any atom is 0.240 e. The van der Waals surface area contributed by atoms with E-state index in [1.165, 1.54) is 6.42 Å². The van der Waals surface area contributed by atoms with E-state index in [1.54, 1.807) is 6.92 Å². The van der Waals surface area contributed by atoms with Gasteiger partial charge in [-0.3, -0.25) is 9.69 Å². The van der Waals surface area contributed by atoms with Crippen LogP contribution in [0, 0.1) is 0 Å². The highest BCUT2D eigenvalue weighted by atomic mass is 16.5. The number of carbonyl (C=O) groups excluding carboxylic acids is 1. The van der Waals surface area contributed by atoms with Gasteiger partial charge in [-0.15, -0.1) is 0 Å². The predicted molar refractivity (Wildman–Crippen MR) is 82.1 cm³/mol. The molecule has 22 heavy (non-hydrogen) atoms. The molecule has 0 saturated carbocycles. The summed E-state index contributed by atoms with van der Waals surface area (Å²) in [6.07, 6.45) is 6.48. The molecule has 0 unspecified atom stereocenters. The summed E-state index contributed by atoms with van der Waals surface area (Å²) in [5.41, 5.74) is 0. The first kappa shape index (κ1) is 15.5. The van der Waals surface area contributed by atoms with Crippen molar-refractivity contribution in [3.8, 4) is 0 Å². The smallest absolute Gasteiger partial charge is 0.240 e. The van der Waals surface area contributed by atoms with Crippen LogP contribution in [0.25, 0.3) is 0 Å². The molecule has 3 heterocycles. The highest BCUT2D eigenvalue weighted by Crippen LogP contribution is 2.30. The Hall–Kier alpha value is -1.43. The lowest BCUT2D eigenvalue weighted by Gasteiger charge is -2.33. The quantitative estimate of drug-likeness (QED) is 0.832. The minimum Gasteiger partial charge on any atom is -0.338 e. The van der Waals surface area contributed by atoms with Crippen molar-refractivity contribution in [3.63, 3.8) is 0 Å². The molecule has 2 saturated heterocycles. The molecule has 0 aliphatic carbocycles. The van der Waals surface area contributed by atoms with Crippen molar-refractivity contribution in [3.05, 3.63) is 11.7 Å². The molecule has 3 rings (SSSR count). The third-order valence-corrected chi connectivity index (χ3v) is 4.88. The molecular formula is C16H26N4O2. The van der Waals surface area contributed by atoms with Crippen molar-refractivity contribution in [2.24, 2.45) is 0 Å². The van der Waals surface area contributed by atoms with Gasteiger partial charge >= 0.3 is 0 Å². The number of carbonyl (C=O) groups is 1. The van der Waals surface area contributed by atoms with Crippen LogP contribution in [-0.2, 0) is 17.8 Å². The normalized spacial score (nSPS) is 26.0. The Morgan fingerprint density at radius 2 is 2.05 bits per heavy atom. The molecule has 2 atom stereocenters. The number of likely N-dealkylation sites (tertiary alicyclic amines) is 2. The molecule has 0 bridgehead atoms. The van der Waals surface area contributed by atoms with Crippen LogP contribution < -0.4 is 0 Å². The monoisotopic (exact) mass is 306 g/mol. The van der Waals surface area contributed by atoms with Gasteiger partial charge in [0.05, 0.1) is 6.54 Å². The van der Waals surface area contributed by atoms with E-state index in [-0.39, 0.29) is 5.91 Å². The van der Waals surface area contributed by atoms with Gasteiger partial charge < -0.3 is 9.42 Å². The standard InChI is InChI=1S/C16H26N4O2/c1-3-6-15-17-16(22-18-15)11-19-9-4-7-13(19)14-8-5-10-20(14)12(2)21/h13-14H,3-11H2,1-2H3/t13-,14-/m1/s1.